The van der Waals surface area contributed by atoms with Gasteiger partial charge in [-0.1, -0.05) is 323 Å². The molecule has 0 spiro atoms. The Kier molecular flexibility index (Phi) is 39.5. The molecule has 1 unspecified atom stereocenters. The maximum atomic E-state index is 10.1. The Hall–Kier alpha value is -14.0. The van der Waals surface area contributed by atoms with E-state index in [-0.39, 0.29) is 16.9 Å². The predicted octanol–water partition coefficient (Wildman–Crippen LogP) is 27.5. The number of phenols is 2. The number of hydrogen-bond acceptors (Lipinski definition) is 13. The average Bonchev–Trinajstić information content (AvgIpc) is 1.19. The molecule has 726 valence electrons. The molecule has 1 aliphatic carbocycles. The third-order valence-corrected chi connectivity index (χ3v) is 26.2. The predicted molar refractivity (Wildman–Crippen MR) is 592 cm³/mol. The summed E-state index contributed by atoms with van der Waals surface area (Å²) in [5, 5.41) is 19.8. The summed E-state index contributed by atoms with van der Waals surface area (Å²) in [7, 11) is 16.7. The average molecular weight is 1870 g/mol. The molecular formula is C128H147N11O2. The summed E-state index contributed by atoms with van der Waals surface area (Å²) in [6.45, 7) is 25.6. The fourth-order valence-corrected chi connectivity index (χ4v) is 17.9. The van der Waals surface area contributed by atoms with Crippen molar-refractivity contribution in [2.45, 2.75) is 163 Å². The highest BCUT2D eigenvalue weighted by Crippen LogP contribution is 2.33. The van der Waals surface area contributed by atoms with Crippen LogP contribution in [0.5, 0.6) is 11.5 Å². The Morgan fingerprint density at radius 3 is 0.929 bits per heavy atom. The normalized spacial score (nSPS) is 11.8. The minimum Gasteiger partial charge on any atom is -0.508 e. The molecule has 141 heavy (non-hydrogen) atoms. The van der Waals surface area contributed by atoms with Crippen LogP contribution in [0.25, 0.3) is 0 Å². The molecule has 0 saturated heterocycles. The van der Waals surface area contributed by atoms with Crippen molar-refractivity contribution in [1.29, 1.82) is 0 Å². The largest absolute Gasteiger partial charge is 0.508 e. The van der Waals surface area contributed by atoms with E-state index < -0.39 is 0 Å². The lowest BCUT2D eigenvalue weighted by Crippen LogP contribution is -2.28. The van der Waals surface area contributed by atoms with Gasteiger partial charge in [0.05, 0.1) is 0 Å². The number of aryl methyl sites for hydroxylation is 4. The van der Waals surface area contributed by atoms with Crippen molar-refractivity contribution in [2.75, 3.05) is 82.5 Å². The Morgan fingerprint density at radius 1 is 0.277 bits per heavy atom. The third-order valence-electron chi connectivity index (χ3n) is 26.2. The maximum absolute atomic E-state index is 10.1. The minimum atomic E-state index is 0.159. The summed E-state index contributed by atoms with van der Waals surface area (Å²) >= 11 is 0. The maximum Gasteiger partial charge on any atom is 0.120 e. The second-order valence-corrected chi connectivity index (χ2v) is 39.6. The molecule has 2 aromatic heterocycles. The number of pyridine rings is 2. The molecule has 13 heteroatoms. The van der Waals surface area contributed by atoms with E-state index in [1.54, 1.807) is 29.6 Å². The van der Waals surface area contributed by atoms with Gasteiger partial charge in [-0.15, -0.1) is 0 Å². The molecule has 14 aromatic carbocycles. The number of aromatic nitrogens is 2. The molecule has 0 fully saturated rings. The number of phenolic OH excluding ortho intramolecular Hbond substituents is 2. The van der Waals surface area contributed by atoms with E-state index in [0.717, 1.165) is 90.6 Å². The molecule has 13 nitrogen and oxygen atoms in total. The molecule has 2 N–H and O–H groups in total. The summed E-state index contributed by atoms with van der Waals surface area (Å²) in [5.74, 6) is 0.676. The molecule has 2 heterocycles. The van der Waals surface area contributed by atoms with Crippen LogP contribution in [0.15, 0.2) is 407 Å². The Labute approximate surface area is 843 Å². The lowest BCUT2D eigenvalue weighted by atomic mass is 9.87. The van der Waals surface area contributed by atoms with Crippen molar-refractivity contribution in [3.8, 4) is 11.5 Å². The van der Waals surface area contributed by atoms with Gasteiger partial charge < -0.3 is 29.8 Å². The minimum absolute atomic E-state index is 0.159. The fraction of sp³-hybridized carbons (Fsp3) is 0.266. The highest BCUT2D eigenvalue weighted by molar-refractivity contribution is 5.50. The van der Waals surface area contributed by atoms with E-state index in [1.807, 2.05) is 24.5 Å². The fourth-order valence-electron chi connectivity index (χ4n) is 17.9. The van der Waals surface area contributed by atoms with Crippen molar-refractivity contribution in [1.82, 2.24) is 34.5 Å². The third kappa shape index (κ3) is 34.2. The number of hydrogen-bond donors (Lipinski definition) is 2. The number of anilines is 4. The van der Waals surface area contributed by atoms with Crippen molar-refractivity contribution >= 4 is 22.7 Å². The van der Waals surface area contributed by atoms with E-state index in [0.29, 0.717) is 24.1 Å². The molecule has 0 radical (unpaired) electrons. The van der Waals surface area contributed by atoms with Gasteiger partial charge in [0.1, 0.15) is 11.5 Å². The Bertz CT molecular complexity index is 6180. The number of nitrogens with zero attached hydrogens (tertiary/aromatic N) is 11. The highest BCUT2D eigenvalue weighted by Gasteiger charge is 2.23. The van der Waals surface area contributed by atoms with Crippen LogP contribution in [0.3, 0.4) is 0 Å². The monoisotopic (exact) mass is 1870 g/mol. The molecule has 1 aliphatic rings. The SMILES string of the molecule is CC(c1ccccc1)N(Cc1ccc(N(C)C)cc1)Cc1ccc(N(C)C)cc1.CN(C)c1ccc(CN(Cc2ccccc2)CC(c2ccccc2)c2ccccc2)cc1.CN(C)c1ccc(CN(Cc2ccccc2)Cc2ccc3c(c2)CCC3)cc1.Cc1ccc(CN(Cc2ccncc2)Cc2cc(O)ccc2O)cc1.Cc1ccc(CN(Cc2ccncc2)Cc2ccc(C(C)(C)C)cc2)cc1. The first kappa shape index (κ1) is 104. The van der Waals surface area contributed by atoms with Crippen LogP contribution in [-0.4, -0.2) is 108 Å². The van der Waals surface area contributed by atoms with Crippen LogP contribution in [0.2, 0.25) is 0 Å². The zero-order valence-electron chi connectivity index (χ0n) is 85.7. The van der Waals surface area contributed by atoms with Gasteiger partial charge in [0.15, 0.2) is 0 Å². The quantitative estimate of drug-likeness (QED) is 0.0365. The van der Waals surface area contributed by atoms with Crippen LogP contribution in [-0.2, 0) is 103 Å². The van der Waals surface area contributed by atoms with Gasteiger partial charge in [-0.25, -0.2) is 0 Å². The standard InChI is InChI=1S/C30H32N2.C26H33N3.C26H30N2.C25H30N2.C21H22N2O2/c1-31(2)29-20-18-26(19-21-29)23-32(22-25-12-6-3-7-13-25)24-30(27-14-8-4-9-15-27)28-16-10-5-11-17-28;1-21(24-9-7-6-8-10-24)29(19-22-11-15-25(16-12-22)27(2)3)20-23-13-17-26(18-14-23)28(4)5;1-27(2)26-15-12-22(13-16-26)19-28(18-21-7-4-3-5-8-21)20-23-11-14-24-9-6-10-25(24)17-23;1-20-5-7-21(8-6-20)17-27(19-23-13-15-26-16-14-23)18-22-9-11-24(12-10-22)25(2,3)4;1-16-2-4-17(5-3-16)13-23(14-18-8-10-22-11-9-18)15-19-12-20(24)6-7-21(19)25/h3-21,30H,22-24H2,1-2H3;6-18,21H,19-20H2,1-5H3;3-5,7-8,11-17H,6,9-10,18-20H2,1-2H3;5-16H,17-19H2,1-4H3;2-12,24-25H,13-15H2,1H3. The molecule has 0 bridgehead atoms. The van der Waals surface area contributed by atoms with Gasteiger partial charge in [-0.05, 0) is 237 Å². The highest BCUT2D eigenvalue weighted by atomic mass is 16.3. The summed E-state index contributed by atoms with van der Waals surface area (Å²) < 4.78 is 0. The van der Waals surface area contributed by atoms with Crippen LogP contribution >= 0.6 is 0 Å². The van der Waals surface area contributed by atoms with E-state index in [9.17, 15) is 10.2 Å². The van der Waals surface area contributed by atoms with Crippen LogP contribution in [0.1, 0.15) is 163 Å². The number of aromatic hydroxyl groups is 2. The first-order valence-corrected chi connectivity index (χ1v) is 49.8. The zero-order valence-corrected chi connectivity index (χ0v) is 85.7. The summed E-state index contributed by atoms with van der Waals surface area (Å²) in [6, 6.07) is 137. The number of rotatable bonds is 36. The van der Waals surface area contributed by atoms with Gasteiger partial charge in [0.2, 0.25) is 0 Å². The van der Waals surface area contributed by atoms with E-state index in [1.165, 1.54) is 149 Å². The summed E-state index contributed by atoms with van der Waals surface area (Å²) in [5.41, 5.74) is 32.8. The second-order valence-electron chi connectivity index (χ2n) is 39.6. The van der Waals surface area contributed by atoms with Crippen LogP contribution in [0.4, 0.5) is 22.7 Å². The molecule has 17 rings (SSSR count). The van der Waals surface area contributed by atoms with Crippen LogP contribution < -0.4 is 19.6 Å². The van der Waals surface area contributed by atoms with Crippen molar-refractivity contribution in [3.63, 3.8) is 0 Å². The van der Waals surface area contributed by atoms with Crippen molar-refractivity contribution in [2.24, 2.45) is 0 Å². The first-order valence-electron chi connectivity index (χ1n) is 49.8. The van der Waals surface area contributed by atoms with Crippen molar-refractivity contribution in [3.05, 3.63) is 524 Å². The van der Waals surface area contributed by atoms with Gasteiger partial charge in [0, 0.05) is 213 Å². The van der Waals surface area contributed by atoms with Gasteiger partial charge in [-0.2, -0.15) is 0 Å². The molecule has 1 atom stereocenters. The summed E-state index contributed by atoms with van der Waals surface area (Å²) in [4.78, 5) is 29.2. The summed E-state index contributed by atoms with van der Waals surface area (Å²) in [6.07, 6.45) is 11.1. The molecule has 16 aromatic rings. The Balaban J connectivity index is 0.000000149. The van der Waals surface area contributed by atoms with Gasteiger partial charge >= 0.3 is 0 Å². The van der Waals surface area contributed by atoms with Gasteiger partial charge in [0.25, 0.3) is 0 Å². The van der Waals surface area contributed by atoms with E-state index in [2.05, 4.69) is 504 Å². The second kappa shape index (κ2) is 53.4. The number of fused-ring (bicyclic) bond motifs is 1. The topological polar surface area (TPSA) is 95.4 Å². The Morgan fingerprint density at radius 2 is 0.567 bits per heavy atom. The lowest BCUT2D eigenvalue weighted by Gasteiger charge is -2.30. The smallest absolute Gasteiger partial charge is 0.120 e. The first-order chi connectivity index (χ1) is 68.3. The lowest BCUT2D eigenvalue weighted by molar-refractivity contribution is 0.192. The van der Waals surface area contributed by atoms with E-state index >= 15 is 0 Å². The van der Waals surface area contributed by atoms with Gasteiger partial charge in [-0.3, -0.25) is 34.5 Å². The molecule has 0 aliphatic heterocycles. The molecule has 0 saturated carbocycles. The molecule has 0 amide bonds. The van der Waals surface area contributed by atoms with Crippen molar-refractivity contribution < 1.29 is 10.2 Å². The van der Waals surface area contributed by atoms with E-state index in [4.69, 9.17) is 0 Å². The molecular weight excluding hydrogens is 1720 g/mol. The number of benzene rings is 14. The van der Waals surface area contributed by atoms with Crippen LogP contribution in [0, 0.1) is 13.8 Å². The zero-order chi connectivity index (χ0) is 99.3.